The standard InChI is InChI=1S/C18H34N4.HI/c1-3-19-17(20-13-16-7-6-11-21(2)14-16)22-12-10-18(15-22)8-4-5-9-18;/h16H,3-15H2,1-2H3,(H,19,20);1H. The van der Waals surface area contributed by atoms with E-state index in [2.05, 4.69) is 29.1 Å². The molecule has 1 unspecified atom stereocenters. The number of aliphatic imine (C=N–C) groups is 1. The highest BCUT2D eigenvalue weighted by Gasteiger charge is 2.41. The molecule has 23 heavy (non-hydrogen) atoms. The van der Waals surface area contributed by atoms with Crippen molar-refractivity contribution in [2.45, 2.75) is 51.9 Å². The molecule has 3 rings (SSSR count). The fourth-order valence-electron chi connectivity index (χ4n) is 4.71. The van der Waals surface area contributed by atoms with Crippen LogP contribution in [-0.2, 0) is 0 Å². The summed E-state index contributed by atoms with van der Waals surface area (Å²) in [7, 11) is 2.24. The van der Waals surface area contributed by atoms with Crippen molar-refractivity contribution in [3.63, 3.8) is 0 Å². The molecule has 3 fully saturated rings. The molecule has 2 heterocycles. The Balaban J connectivity index is 0.00000192. The molecule has 1 spiro atoms. The molecule has 3 aliphatic rings. The second-order valence-corrected chi connectivity index (χ2v) is 7.84. The van der Waals surface area contributed by atoms with E-state index in [1.807, 2.05) is 0 Å². The van der Waals surface area contributed by atoms with Gasteiger partial charge in [0.2, 0.25) is 0 Å². The van der Waals surface area contributed by atoms with Crippen molar-refractivity contribution in [2.24, 2.45) is 16.3 Å². The molecule has 1 N–H and O–H groups in total. The van der Waals surface area contributed by atoms with Crippen molar-refractivity contribution >= 4 is 29.9 Å². The fraction of sp³-hybridized carbons (Fsp3) is 0.944. The molecule has 4 nitrogen and oxygen atoms in total. The Labute approximate surface area is 159 Å². The van der Waals surface area contributed by atoms with Gasteiger partial charge in [0.05, 0.1) is 0 Å². The molecule has 1 atom stereocenters. The lowest BCUT2D eigenvalue weighted by Crippen LogP contribution is -2.42. The van der Waals surface area contributed by atoms with Crippen molar-refractivity contribution in [1.29, 1.82) is 0 Å². The highest BCUT2D eigenvalue weighted by atomic mass is 127. The van der Waals surface area contributed by atoms with Gasteiger partial charge in [0.25, 0.3) is 0 Å². The maximum Gasteiger partial charge on any atom is 0.193 e. The Morgan fingerprint density at radius 2 is 1.96 bits per heavy atom. The van der Waals surface area contributed by atoms with Gasteiger partial charge in [-0.25, -0.2) is 0 Å². The molecule has 0 bridgehead atoms. The molecule has 134 valence electrons. The van der Waals surface area contributed by atoms with E-state index in [1.54, 1.807) is 0 Å². The average Bonchev–Trinajstić information content (AvgIpc) is 3.14. The smallest absolute Gasteiger partial charge is 0.193 e. The number of nitrogens with one attached hydrogen (secondary N) is 1. The van der Waals surface area contributed by atoms with Crippen molar-refractivity contribution in [3.05, 3.63) is 0 Å². The second kappa shape index (κ2) is 8.88. The van der Waals surface area contributed by atoms with E-state index < -0.39 is 0 Å². The largest absolute Gasteiger partial charge is 0.357 e. The second-order valence-electron chi connectivity index (χ2n) is 7.84. The van der Waals surface area contributed by atoms with Crippen molar-refractivity contribution < 1.29 is 0 Å². The average molecular weight is 434 g/mol. The third-order valence-electron chi connectivity index (χ3n) is 5.96. The summed E-state index contributed by atoms with van der Waals surface area (Å²) in [6.07, 6.45) is 9.82. The molecule has 0 aromatic rings. The van der Waals surface area contributed by atoms with Crippen LogP contribution in [0.5, 0.6) is 0 Å². The van der Waals surface area contributed by atoms with Gasteiger partial charge in [-0.3, -0.25) is 4.99 Å². The van der Waals surface area contributed by atoms with E-state index in [9.17, 15) is 0 Å². The van der Waals surface area contributed by atoms with Gasteiger partial charge in [-0.05, 0) is 64.0 Å². The van der Waals surface area contributed by atoms with Gasteiger partial charge in [-0.2, -0.15) is 0 Å². The molecule has 0 amide bonds. The van der Waals surface area contributed by atoms with E-state index in [-0.39, 0.29) is 24.0 Å². The lowest BCUT2D eigenvalue weighted by Gasteiger charge is -2.30. The van der Waals surface area contributed by atoms with Crippen LogP contribution in [0.4, 0.5) is 0 Å². The highest BCUT2D eigenvalue weighted by molar-refractivity contribution is 14.0. The van der Waals surface area contributed by atoms with Crippen LogP contribution in [0.2, 0.25) is 0 Å². The van der Waals surface area contributed by atoms with Crippen LogP contribution < -0.4 is 5.32 Å². The Morgan fingerprint density at radius 1 is 1.17 bits per heavy atom. The first-order valence-corrected chi connectivity index (χ1v) is 9.43. The number of rotatable bonds is 3. The van der Waals surface area contributed by atoms with Gasteiger partial charge in [-0.15, -0.1) is 24.0 Å². The number of hydrogen-bond donors (Lipinski definition) is 1. The summed E-state index contributed by atoms with van der Waals surface area (Å²) in [5, 5.41) is 3.54. The highest BCUT2D eigenvalue weighted by Crippen LogP contribution is 2.45. The zero-order chi connectivity index (χ0) is 15.4. The Bertz CT molecular complexity index is 392. The molecular weight excluding hydrogens is 399 g/mol. The predicted molar refractivity (Wildman–Crippen MR) is 109 cm³/mol. The van der Waals surface area contributed by atoms with E-state index in [0.717, 1.165) is 19.0 Å². The van der Waals surface area contributed by atoms with Crippen LogP contribution >= 0.6 is 24.0 Å². The van der Waals surface area contributed by atoms with Gasteiger partial charge in [-0.1, -0.05) is 12.8 Å². The van der Waals surface area contributed by atoms with E-state index in [0.29, 0.717) is 5.41 Å². The minimum Gasteiger partial charge on any atom is -0.357 e. The van der Waals surface area contributed by atoms with Crippen LogP contribution in [0.3, 0.4) is 0 Å². The molecule has 2 aliphatic heterocycles. The third kappa shape index (κ3) is 4.97. The summed E-state index contributed by atoms with van der Waals surface area (Å²) in [6, 6.07) is 0. The summed E-state index contributed by atoms with van der Waals surface area (Å²) < 4.78 is 0. The van der Waals surface area contributed by atoms with Crippen LogP contribution in [0.1, 0.15) is 51.9 Å². The summed E-state index contributed by atoms with van der Waals surface area (Å²) in [5.74, 6) is 1.93. The monoisotopic (exact) mass is 434 g/mol. The van der Waals surface area contributed by atoms with Crippen LogP contribution in [-0.4, -0.2) is 62.1 Å². The minimum atomic E-state index is 0. The van der Waals surface area contributed by atoms with Crippen molar-refractivity contribution in [2.75, 3.05) is 46.3 Å². The van der Waals surface area contributed by atoms with Crippen LogP contribution in [0, 0.1) is 11.3 Å². The first-order valence-electron chi connectivity index (χ1n) is 9.43. The first-order chi connectivity index (χ1) is 10.7. The Morgan fingerprint density at radius 3 is 2.65 bits per heavy atom. The molecule has 5 heteroatoms. The SMILES string of the molecule is CCNC(=NCC1CCCN(C)C1)N1CCC2(CCCC2)C1.I. The lowest BCUT2D eigenvalue weighted by atomic mass is 9.86. The maximum atomic E-state index is 5.01. The summed E-state index contributed by atoms with van der Waals surface area (Å²) >= 11 is 0. The first kappa shape index (κ1) is 19.3. The number of halogens is 1. The van der Waals surface area contributed by atoms with Crippen LogP contribution in [0.15, 0.2) is 4.99 Å². The van der Waals surface area contributed by atoms with Gasteiger partial charge < -0.3 is 15.1 Å². The Kier molecular flexibility index (Phi) is 7.45. The van der Waals surface area contributed by atoms with Gasteiger partial charge in [0, 0.05) is 32.7 Å². The van der Waals surface area contributed by atoms with Crippen molar-refractivity contribution in [1.82, 2.24) is 15.1 Å². The van der Waals surface area contributed by atoms with E-state index in [1.165, 1.54) is 77.1 Å². The number of nitrogens with zero attached hydrogens (tertiary/aromatic N) is 3. The zero-order valence-corrected chi connectivity index (χ0v) is 17.3. The number of likely N-dealkylation sites (tertiary alicyclic amines) is 2. The topological polar surface area (TPSA) is 30.9 Å². The van der Waals surface area contributed by atoms with E-state index >= 15 is 0 Å². The zero-order valence-electron chi connectivity index (χ0n) is 15.0. The lowest BCUT2D eigenvalue weighted by molar-refractivity contribution is 0.214. The number of guanidine groups is 1. The number of hydrogen-bond acceptors (Lipinski definition) is 2. The molecule has 0 radical (unpaired) electrons. The quantitative estimate of drug-likeness (QED) is 0.421. The summed E-state index contributed by atoms with van der Waals surface area (Å²) in [6.45, 7) is 9.08. The molecule has 1 aliphatic carbocycles. The van der Waals surface area contributed by atoms with Crippen LogP contribution in [0.25, 0.3) is 0 Å². The van der Waals surface area contributed by atoms with Gasteiger partial charge in [0.1, 0.15) is 0 Å². The van der Waals surface area contributed by atoms with Crippen molar-refractivity contribution in [3.8, 4) is 0 Å². The van der Waals surface area contributed by atoms with E-state index in [4.69, 9.17) is 4.99 Å². The molecular formula is C18H35IN4. The molecule has 0 aromatic carbocycles. The molecule has 1 saturated carbocycles. The summed E-state index contributed by atoms with van der Waals surface area (Å²) in [4.78, 5) is 10.0. The molecule has 2 saturated heterocycles. The Hall–Kier alpha value is -0.0400. The number of piperidine rings is 1. The maximum absolute atomic E-state index is 5.01. The van der Waals surface area contributed by atoms with Gasteiger partial charge in [0.15, 0.2) is 5.96 Å². The predicted octanol–water partition coefficient (Wildman–Crippen LogP) is 3.18. The fourth-order valence-corrected chi connectivity index (χ4v) is 4.71. The van der Waals surface area contributed by atoms with Gasteiger partial charge >= 0.3 is 0 Å². The third-order valence-corrected chi connectivity index (χ3v) is 5.96. The normalized spacial score (nSPS) is 28.2. The summed E-state index contributed by atoms with van der Waals surface area (Å²) in [5.41, 5.74) is 0.626. The minimum absolute atomic E-state index is 0. The molecule has 0 aromatic heterocycles.